The number of nitrogens with one attached hydrogen (secondary N) is 2. The van der Waals surface area contributed by atoms with Gasteiger partial charge in [0.05, 0.1) is 11.4 Å². The van der Waals surface area contributed by atoms with E-state index < -0.39 is 22.6 Å². The van der Waals surface area contributed by atoms with E-state index in [1.54, 1.807) is 18.2 Å². The SMILES string of the molecule is CC1(C)C2CCC1(C(=O)NNC(=O)c1cccc(Cl)c1)c1nc(C#N)c(C#N)nc12. The maximum Gasteiger partial charge on any atom is 0.269 e. The van der Waals surface area contributed by atoms with Crippen molar-refractivity contribution >= 4 is 23.4 Å². The van der Waals surface area contributed by atoms with Crippen LogP contribution in [0, 0.1) is 28.1 Å². The van der Waals surface area contributed by atoms with Gasteiger partial charge in [-0.1, -0.05) is 31.5 Å². The van der Waals surface area contributed by atoms with E-state index in [1.807, 2.05) is 26.0 Å². The molecule has 1 aromatic carbocycles. The van der Waals surface area contributed by atoms with Gasteiger partial charge in [-0.25, -0.2) is 9.97 Å². The van der Waals surface area contributed by atoms with Gasteiger partial charge in [0.25, 0.3) is 11.8 Å². The summed E-state index contributed by atoms with van der Waals surface area (Å²) in [5.74, 6) is -1.00. The first-order valence-corrected chi connectivity index (χ1v) is 9.73. The van der Waals surface area contributed by atoms with Crippen molar-refractivity contribution in [1.82, 2.24) is 20.8 Å². The minimum Gasteiger partial charge on any atom is -0.272 e. The molecule has 2 aromatic rings. The zero-order chi connectivity index (χ0) is 21.7. The number of carbonyl (C=O) groups is 2. The van der Waals surface area contributed by atoms with Crippen LogP contribution in [0.25, 0.3) is 0 Å². The number of nitriles is 2. The minimum absolute atomic E-state index is 0.0376. The third-order valence-electron chi connectivity index (χ3n) is 6.41. The highest BCUT2D eigenvalue weighted by atomic mass is 35.5. The van der Waals surface area contributed by atoms with Crippen LogP contribution >= 0.6 is 11.6 Å². The van der Waals surface area contributed by atoms with Crippen molar-refractivity contribution in [2.45, 2.75) is 38.0 Å². The molecule has 2 aliphatic rings. The Morgan fingerprint density at radius 1 is 1.17 bits per heavy atom. The van der Waals surface area contributed by atoms with Crippen LogP contribution in [0.15, 0.2) is 24.3 Å². The van der Waals surface area contributed by atoms with Gasteiger partial charge in [0.2, 0.25) is 0 Å². The number of rotatable bonds is 2. The summed E-state index contributed by atoms with van der Waals surface area (Å²) in [5.41, 5.74) is 4.50. The molecule has 0 spiro atoms. The van der Waals surface area contributed by atoms with E-state index >= 15 is 0 Å². The van der Waals surface area contributed by atoms with Gasteiger partial charge in [0.15, 0.2) is 11.4 Å². The van der Waals surface area contributed by atoms with Gasteiger partial charge >= 0.3 is 0 Å². The molecule has 1 saturated carbocycles. The fraction of sp³-hybridized carbons (Fsp3) is 0.333. The number of benzene rings is 1. The Balaban J connectivity index is 1.68. The second-order valence-corrected chi connectivity index (χ2v) is 8.45. The smallest absolute Gasteiger partial charge is 0.269 e. The second kappa shape index (κ2) is 6.79. The quantitative estimate of drug-likeness (QED) is 0.717. The molecule has 9 heteroatoms. The molecule has 2 aliphatic carbocycles. The summed E-state index contributed by atoms with van der Waals surface area (Å²) in [7, 11) is 0. The summed E-state index contributed by atoms with van der Waals surface area (Å²) in [6, 6.07) is 10.2. The number of fused-ring (bicyclic) bond motifs is 5. The summed E-state index contributed by atoms with van der Waals surface area (Å²) in [5, 5.41) is 19.1. The van der Waals surface area contributed by atoms with E-state index in [4.69, 9.17) is 11.6 Å². The predicted molar refractivity (Wildman–Crippen MR) is 106 cm³/mol. The molecule has 2 amide bonds. The number of nitrogens with zero attached hydrogens (tertiary/aromatic N) is 4. The summed E-state index contributed by atoms with van der Waals surface area (Å²) in [6.45, 7) is 3.90. The van der Waals surface area contributed by atoms with E-state index in [2.05, 4.69) is 20.8 Å². The zero-order valence-corrected chi connectivity index (χ0v) is 17.0. The lowest BCUT2D eigenvalue weighted by molar-refractivity contribution is -0.130. The van der Waals surface area contributed by atoms with Crippen molar-refractivity contribution in [3.8, 4) is 12.1 Å². The van der Waals surface area contributed by atoms with Crippen LogP contribution in [-0.2, 0) is 10.2 Å². The van der Waals surface area contributed by atoms with E-state index in [0.717, 1.165) is 0 Å². The molecular formula is C21H17ClN6O2. The standard InChI is InChI=1S/C21H17ClN6O2/c1-20(2)13-6-7-21(20,17-16(13)25-14(9-23)15(10-24)26-17)19(30)28-27-18(29)11-4-3-5-12(22)8-11/h3-5,8,13H,6-7H2,1-2H3,(H,27,29)(H,28,30). The van der Waals surface area contributed by atoms with Crippen LogP contribution < -0.4 is 10.9 Å². The normalized spacial score (nSPS) is 22.5. The molecule has 1 aromatic heterocycles. The fourth-order valence-corrected chi connectivity index (χ4v) is 5.03. The summed E-state index contributed by atoms with van der Waals surface area (Å²) in [4.78, 5) is 34.6. The molecule has 150 valence electrons. The molecule has 2 bridgehead atoms. The fourth-order valence-electron chi connectivity index (χ4n) is 4.84. The van der Waals surface area contributed by atoms with Gasteiger partial charge in [-0.3, -0.25) is 20.4 Å². The molecule has 8 nitrogen and oxygen atoms in total. The Labute approximate surface area is 177 Å². The molecule has 1 fully saturated rings. The van der Waals surface area contributed by atoms with Crippen molar-refractivity contribution < 1.29 is 9.59 Å². The monoisotopic (exact) mass is 420 g/mol. The number of aromatic nitrogens is 2. The van der Waals surface area contributed by atoms with Crippen molar-refractivity contribution in [2.24, 2.45) is 5.41 Å². The topological polar surface area (TPSA) is 132 Å². The third-order valence-corrected chi connectivity index (χ3v) is 6.65. The van der Waals surface area contributed by atoms with E-state index in [-0.39, 0.29) is 17.3 Å². The van der Waals surface area contributed by atoms with Crippen LogP contribution in [0.2, 0.25) is 5.02 Å². The van der Waals surface area contributed by atoms with Crippen molar-refractivity contribution in [1.29, 1.82) is 10.5 Å². The number of halogens is 1. The highest BCUT2D eigenvalue weighted by Gasteiger charge is 2.68. The Kier molecular flexibility index (Phi) is 4.48. The molecule has 4 rings (SSSR count). The van der Waals surface area contributed by atoms with Crippen molar-refractivity contribution in [2.75, 3.05) is 0 Å². The maximum atomic E-state index is 13.4. The molecule has 1 heterocycles. The van der Waals surface area contributed by atoms with Crippen LogP contribution in [0.3, 0.4) is 0 Å². The van der Waals surface area contributed by atoms with Gasteiger partial charge < -0.3 is 0 Å². The first kappa shape index (κ1) is 19.8. The van der Waals surface area contributed by atoms with Gasteiger partial charge in [0.1, 0.15) is 17.6 Å². The molecule has 2 atom stereocenters. The molecule has 2 unspecified atom stereocenters. The highest BCUT2D eigenvalue weighted by molar-refractivity contribution is 6.30. The van der Waals surface area contributed by atoms with Crippen LogP contribution in [0.1, 0.15) is 65.7 Å². The predicted octanol–water partition coefficient (Wildman–Crippen LogP) is 2.49. The van der Waals surface area contributed by atoms with Crippen molar-refractivity contribution in [3.05, 3.63) is 57.6 Å². The summed E-state index contributed by atoms with van der Waals surface area (Å²) in [6.07, 6.45) is 1.20. The molecule has 0 saturated heterocycles. The Morgan fingerprint density at radius 3 is 2.53 bits per heavy atom. The van der Waals surface area contributed by atoms with Gasteiger partial charge in [-0.05, 0) is 36.5 Å². The van der Waals surface area contributed by atoms with Crippen LogP contribution in [0.4, 0.5) is 0 Å². The average molecular weight is 421 g/mol. The number of carbonyl (C=O) groups excluding carboxylic acids is 2. The molecule has 0 aliphatic heterocycles. The molecule has 0 radical (unpaired) electrons. The second-order valence-electron chi connectivity index (χ2n) is 8.02. The van der Waals surface area contributed by atoms with Gasteiger partial charge in [-0.2, -0.15) is 10.5 Å². The number of hydrogen-bond acceptors (Lipinski definition) is 6. The van der Waals surface area contributed by atoms with Crippen molar-refractivity contribution in [3.63, 3.8) is 0 Å². The maximum absolute atomic E-state index is 13.4. The lowest BCUT2D eigenvalue weighted by Gasteiger charge is -2.36. The number of hydrogen-bond donors (Lipinski definition) is 2. The third kappa shape index (κ3) is 2.58. The van der Waals surface area contributed by atoms with Gasteiger partial charge in [0, 0.05) is 16.5 Å². The lowest BCUT2D eigenvalue weighted by Crippen LogP contribution is -2.55. The Bertz CT molecular complexity index is 1180. The average Bonchev–Trinajstić information content (AvgIpc) is 3.11. The molecular weight excluding hydrogens is 404 g/mol. The van der Waals surface area contributed by atoms with Gasteiger partial charge in [-0.15, -0.1) is 0 Å². The van der Waals surface area contributed by atoms with E-state index in [9.17, 15) is 20.1 Å². The largest absolute Gasteiger partial charge is 0.272 e. The highest BCUT2D eigenvalue weighted by Crippen LogP contribution is 2.67. The zero-order valence-electron chi connectivity index (χ0n) is 16.3. The Morgan fingerprint density at radius 2 is 1.87 bits per heavy atom. The minimum atomic E-state index is -1.07. The van der Waals surface area contributed by atoms with E-state index in [0.29, 0.717) is 34.8 Å². The molecule has 2 N–H and O–H groups in total. The summed E-state index contributed by atoms with van der Waals surface area (Å²) >= 11 is 5.92. The summed E-state index contributed by atoms with van der Waals surface area (Å²) < 4.78 is 0. The lowest BCUT2D eigenvalue weighted by atomic mass is 9.68. The molecule has 30 heavy (non-hydrogen) atoms. The number of hydrazine groups is 1. The van der Waals surface area contributed by atoms with Crippen LogP contribution in [-0.4, -0.2) is 21.8 Å². The van der Waals surface area contributed by atoms with E-state index in [1.165, 1.54) is 6.07 Å². The first-order valence-electron chi connectivity index (χ1n) is 9.35. The first-order chi connectivity index (χ1) is 14.3. The Hall–Kier alpha value is -3.49. The number of amides is 2. The van der Waals surface area contributed by atoms with Crippen LogP contribution in [0.5, 0.6) is 0 Å².